The molecule has 1 aliphatic rings. The van der Waals surface area contributed by atoms with Crippen LogP contribution in [0.2, 0.25) is 0 Å². The SMILES string of the molecule is CNC(C)c1cnn(C2CCCC(S(C)(=O)=O)C2)c1. The number of sulfone groups is 1. The third kappa shape index (κ3) is 3.36. The molecule has 3 atom stereocenters. The summed E-state index contributed by atoms with van der Waals surface area (Å²) in [5.41, 5.74) is 1.14. The molecule has 1 aromatic heterocycles. The Morgan fingerprint density at radius 1 is 1.47 bits per heavy atom. The molecule has 1 N–H and O–H groups in total. The molecule has 1 aromatic rings. The van der Waals surface area contributed by atoms with E-state index in [4.69, 9.17) is 0 Å². The van der Waals surface area contributed by atoms with Crippen LogP contribution in [-0.4, -0.2) is 36.8 Å². The molecule has 0 saturated heterocycles. The number of nitrogens with one attached hydrogen (secondary N) is 1. The number of rotatable bonds is 4. The first-order valence-corrected chi connectivity index (χ1v) is 8.77. The van der Waals surface area contributed by atoms with Gasteiger partial charge in [-0.15, -0.1) is 0 Å². The standard InChI is InChI=1S/C13H23N3O2S/c1-10(14-2)11-8-15-16(9-11)12-5-4-6-13(7-12)19(3,17)18/h8-10,12-14H,4-7H2,1-3H3. The molecular formula is C13H23N3O2S. The van der Waals surface area contributed by atoms with E-state index >= 15 is 0 Å². The molecule has 5 nitrogen and oxygen atoms in total. The first kappa shape index (κ1) is 14.5. The molecule has 0 bridgehead atoms. The largest absolute Gasteiger partial charge is 0.313 e. The van der Waals surface area contributed by atoms with Gasteiger partial charge in [0.2, 0.25) is 0 Å². The zero-order chi connectivity index (χ0) is 14.0. The van der Waals surface area contributed by atoms with E-state index < -0.39 is 9.84 Å². The highest BCUT2D eigenvalue weighted by atomic mass is 32.2. The Morgan fingerprint density at radius 3 is 2.84 bits per heavy atom. The van der Waals surface area contributed by atoms with Gasteiger partial charge in [-0.1, -0.05) is 6.42 Å². The van der Waals surface area contributed by atoms with Gasteiger partial charge in [0, 0.05) is 24.1 Å². The van der Waals surface area contributed by atoms with Crippen molar-refractivity contribution in [1.82, 2.24) is 15.1 Å². The van der Waals surface area contributed by atoms with Gasteiger partial charge in [-0.2, -0.15) is 5.10 Å². The summed E-state index contributed by atoms with van der Waals surface area (Å²) in [7, 11) is -1.02. The van der Waals surface area contributed by atoms with Gasteiger partial charge in [-0.05, 0) is 33.2 Å². The second kappa shape index (κ2) is 5.63. The van der Waals surface area contributed by atoms with E-state index in [1.807, 2.05) is 24.1 Å². The van der Waals surface area contributed by atoms with Gasteiger partial charge in [0.1, 0.15) is 9.84 Å². The lowest BCUT2D eigenvalue weighted by atomic mass is 9.95. The van der Waals surface area contributed by atoms with Crippen LogP contribution in [-0.2, 0) is 9.84 Å². The minimum atomic E-state index is -2.93. The molecule has 6 heteroatoms. The summed E-state index contributed by atoms with van der Waals surface area (Å²) in [4.78, 5) is 0. The Labute approximate surface area is 115 Å². The lowest BCUT2D eigenvalue weighted by Gasteiger charge is -2.28. The van der Waals surface area contributed by atoms with Crippen LogP contribution < -0.4 is 5.32 Å². The molecule has 0 amide bonds. The van der Waals surface area contributed by atoms with Crippen molar-refractivity contribution < 1.29 is 8.42 Å². The van der Waals surface area contributed by atoms with Crippen molar-refractivity contribution in [2.75, 3.05) is 13.3 Å². The van der Waals surface area contributed by atoms with Gasteiger partial charge in [0.25, 0.3) is 0 Å². The quantitative estimate of drug-likeness (QED) is 0.914. The van der Waals surface area contributed by atoms with E-state index in [2.05, 4.69) is 17.3 Å². The molecule has 19 heavy (non-hydrogen) atoms. The molecule has 1 fully saturated rings. The van der Waals surface area contributed by atoms with Crippen LogP contribution >= 0.6 is 0 Å². The fraction of sp³-hybridized carbons (Fsp3) is 0.769. The zero-order valence-electron chi connectivity index (χ0n) is 11.8. The molecule has 0 aromatic carbocycles. The number of hydrogen-bond acceptors (Lipinski definition) is 4. The van der Waals surface area contributed by atoms with Crippen LogP contribution in [0, 0.1) is 0 Å². The molecule has 3 unspecified atom stereocenters. The Balaban J connectivity index is 2.11. The maximum Gasteiger partial charge on any atom is 0.150 e. The Bertz CT molecular complexity index is 524. The van der Waals surface area contributed by atoms with E-state index in [1.54, 1.807) is 0 Å². The van der Waals surface area contributed by atoms with E-state index in [0.29, 0.717) is 6.42 Å². The molecule has 2 rings (SSSR count). The van der Waals surface area contributed by atoms with Gasteiger partial charge in [-0.25, -0.2) is 8.42 Å². The number of nitrogens with zero attached hydrogens (tertiary/aromatic N) is 2. The van der Waals surface area contributed by atoms with E-state index in [-0.39, 0.29) is 17.3 Å². The molecule has 0 radical (unpaired) electrons. The molecule has 108 valence electrons. The highest BCUT2D eigenvalue weighted by Gasteiger charge is 2.30. The minimum Gasteiger partial charge on any atom is -0.313 e. The minimum absolute atomic E-state index is 0.208. The summed E-state index contributed by atoms with van der Waals surface area (Å²) in [6, 6.07) is 0.481. The Hall–Kier alpha value is -0.880. The third-order valence-electron chi connectivity index (χ3n) is 4.13. The first-order chi connectivity index (χ1) is 8.91. The molecule has 0 aliphatic heterocycles. The Morgan fingerprint density at radius 2 is 2.21 bits per heavy atom. The van der Waals surface area contributed by atoms with Gasteiger partial charge >= 0.3 is 0 Å². The maximum atomic E-state index is 11.7. The summed E-state index contributed by atoms with van der Waals surface area (Å²) in [5.74, 6) is 0. The Kier molecular flexibility index (Phi) is 4.30. The molecule has 1 heterocycles. The zero-order valence-corrected chi connectivity index (χ0v) is 12.7. The fourth-order valence-corrected chi connectivity index (χ4v) is 3.86. The normalized spacial score (nSPS) is 26.3. The van der Waals surface area contributed by atoms with Crippen molar-refractivity contribution >= 4 is 9.84 Å². The monoisotopic (exact) mass is 285 g/mol. The lowest BCUT2D eigenvalue weighted by molar-refractivity contribution is 0.329. The van der Waals surface area contributed by atoms with Crippen molar-refractivity contribution in [3.63, 3.8) is 0 Å². The first-order valence-electron chi connectivity index (χ1n) is 6.82. The van der Waals surface area contributed by atoms with Gasteiger partial charge in [0.05, 0.1) is 17.5 Å². The summed E-state index contributed by atoms with van der Waals surface area (Å²) < 4.78 is 25.3. The average Bonchev–Trinajstić information content (AvgIpc) is 2.86. The second-order valence-corrected chi connectivity index (χ2v) is 7.86. The summed E-state index contributed by atoms with van der Waals surface area (Å²) in [6.07, 6.45) is 8.70. The predicted octanol–water partition coefficient (Wildman–Crippen LogP) is 1.69. The van der Waals surface area contributed by atoms with Crippen molar-refractivity contribution in [1.29, 1.82) is 0 Å². The van der Waals surface area contributed by atoms with Crippen LogP contribution in [0.15, 0.2) is 12.4 Å². The van der Waals surface area contributed by atoms with Crippen molar-refractivity contribution in [2.45, 2.75) is 49.9 Å². The third-order valence-corrected chi connectivity index (χ3v) is 5.77. The summed E-state index contributed by atoms with van der Waals surface area (Å²) >= 11 is 0. The van der Waals surface area contributed by atoms with E-state index in [9.17, 15) is 8.42 Å². The van der Waals surface area contributed by atoms with Crippen molar-refractivity contribution in [2.24, 2.45) is 0 Å². The average molecular weight is 285 g/mol. The van der Waals surface area contributed by atoms with E-state index in [1.165, 1.54) is 6.26 Å². The van der Waals surface area contributed by atoms with Gasteiger partial charge in [-0.3, -0.25) is 4.68 Å². The topological polar surface area (TPSA) is 64.0 Å². The number of hydrogen-bond donors (Lipinski definition) is 1. The fourth-order valence-electron chi connectivity index (χ4n) is 2.69. The highest BCUT2D eigenvalue weighted by molar-refractivity contribution is 7.91. The maximum absolute atomic E-state index is 11.7. The molecule has 1 saturated carbocycles. The van der Waals surface area contributed by atoms with Crippen molar-refractivity contribution in [3.8, 4) is 0 Å². The summed E-state index contributed by atoms with van der Waals surface area (Å²) in [5, 5.41) is 7.38. The van der Waals surface area contributed by atoms with E-state index in [0.717, 1.165) is 24.8 Å². The highest BCUT2D eigenvalue weighted by Crippen LogP contribution is 2.32. The summed E-state index contributed by atoms with van der Waals surface area (Å²) in [6.45, 7) is 2.08. The molecule has 1 aliphatic carbocycles. The predicted molar refractivity (Wildman–Crippen MR) is 75.8 cm³/mol. The van der Waals surface area contributed by atoms with Crippen LogP contribution in [0.25, 0.3) is 0 Å². The molecular weight excluding hydrogens is 262 g/mol. The van der Waals surface area contributed by atoms with Crippen LogP contribution in [0.1, 0.15) is 50.3 Å². The molecule has 0 spiro atoms. The van der Waals surface area contributed by atoms with Crippen molar-refractivity contribution in [3.05, 3.63) is 18.0 Å². The van der Waals surface area contributed by atoms with Crippen LogP contribution in [0.3, 0.4) is 0 Å². The van der Waals surface area contributed by atoms with Crippen LogP contribution in [0.5, 0.6) is 0 Å². The van der Waals surface area contributed by atoms with Gasteiger partial charge < -0.3 is 5.32 Å². The smallest absolute Gasteiger partial charge is 0.150 e. The van der Waals surface area contributed by atoms with Crippen LogP contribution in [0.4, 0.5) is 0 Å². The lowest BCUT2D eigenvalue weighted by Crippen LogP contribution is -2.29. The van der Waals surface area contributed by atoms with Gasteiger partial charge in [0.15, 0.2) is 0 Å². The number of aromatic nitrogens is 2. The second-order valence-electron chi connectivity index (χ2n) is 5.54.